The maximum absolute atomic E-state index is 3.58. The van der Waals surface area contributed by atoms with Gasteiger partial charge in [0, 0.05) is 0 Å². The van der Waals surface area contributed by atoms with Crippen molar-refractivity contribution in [2.45, 2.75) is 72.1 Å². The molecule has 0 aromatic rings. The van der Waals surface area contributed by atoms with Gasteiger partial charge in [0.2, 0.25) is 0 Å². The molecule has 0 aromatic heterocycles. The van der Waals surface area contributed by atoms with Crippen LogP contribution in [0.4, 0.5) is 0 Å². The summed E-state index contributed by atoms with van der Waals surface area (Å²) in [5.41, 5.74) is 0. The number of hydrogen-bond acceptors (Lipinski definition) is 1. The molecule has 1 heteroatoms. The monoisotopic (exact) mass is 213 g/mol. The van der Waals surface area contributed by atoms with Crippen LogP contribution in [0.3, 0.4) is 0 Å². The average molecular weight is 213 g/mol. The summed E-state index contributed by atoms with van der Waals surface area (Å²) in [6, 6.07) is 0. The van der Waals surface area contributed by atoms with E-state index in [-0.39, 0.29) is 0 Å². The van der Waals surface area contributed by atoms with E-state index in [1.165, 1.54) is 64.5 Å². The zero-order chi connectivity index (χ0) is 11.4. The first-order chi connectivity index (χ1) is 7.35. The van der Waals surface area contributed by atoms with Gasteiger partial charge in [-0.25, -0.2) is 0 Å². The Hall–Kier alpha value is -0.0400. The molecule has 0 aromatic carbocycles. The molecule has 0 saturated heterocycles. The lowest BCUT2D eigenvalue weighted by molar-refractivity contribution is 0.443. The van der Waals surface area contributed by atoms with Crippen molar-refractivity contribution in [2.75, 3.05) is 13.1 Å². The Balaban J connectivity index is 3.04. The molecular weight excluding hydrogens is 182 g/mol. The van der Waals surface area contributed by atoms with E-state index < -0.39 is 0 Å². The van der Waals surface area contributed by atoms with Gasteiger partial charge in [-0.3, -0.25) is 0 Å². The number of nitrogens with one attached hydrogen (secondary N) is 1. The van der Waals surface area contributed by atoms with Crippen molar-refractivity contribution in [2.24, 2.45) is 5.92 Å². The highest BCUT2D eigenvalue weighted by Gasteiger charge is 2.01. The molecule has 0 aliphatic heterocycles. The number of hydrogen-bond donors (Lipinski definition) is 1. The average Bonchev–Trinajstić information content (AvgIpc) is 2.27. The highest BCUT2D eigenvalue weighted by atomic mass is 14.8. The van der Waals surface area contributed by atoms with Crippen LogP contribution in [0.2, 0.25) is 0 Å². The van der Waals surface area contributed by atoms with Gasteiger partial charge in [0.1, 0.15) is 0 Å². The van der Waals surface area contributed by atoms with E-state index in [9.17, 15) is 0 Å². The third kappa shape index (κ3) is 10.2. The fourth-order valence-corrected chi connectivity index (χ4v) is 1.91. The van der Waals surface area contributed by atoms with Crippen LogP contribution in [0, 0.1) is 5.92 Å². The van der Waals surface area contributed by atoms with Gasteiger partial charge in [0.15, 0.2) is 0 Å². The highest BCUT2D eigenvalue weighted by Crippen LogP contribution is 2.06. The van der Waals surface area contributed by atoms with Crippen LogP contribution in [-0.2, 0) is 0 Å². The third-order valence-corrected chi connectivity index (χ3v) is 3.29. The normalized spacial score (nSPS) is 11.2. The lowest BCUT2D eigenvalue weighted by Crippen LogP contribution is -2.23. The topological polar surface area (TPSA) is 12.0 Å². The largest absolute Gasteiger partial charge is 0.316 e. The molecule has 1 N–H and O–H groups in total. The molecule has 0 aliphatic carbocycles. The van der Waals surface area contributed by atoms with Crippen LogP contribution in [-0.4, -0.2) is 13.1 Å². The Labute approximate surface area is 97.0 Å². The van der Waals surface area contributed by atoms with Crippen molar-refractivity contribution in [1.82, 2.24) is 5.32 Å². The smallest absolute Gasteiger partial charge is 0.00207 e. The minimum absolute atomic E-state index is 0.894. The molecule has 0 fully saturated rings. The second-order valence-electron chi connectivity index (χ2n) is 4.65. The standard InChI is InChI=1S/C14H31N/c1-4-7-8-9-10-11-12-15-13-14(5-2)6-3/h14-15H,4-13H2,1-3H3. The predicted molar refractivity (Wildman–Crippen MR) is 70.3 cm³/mol. The van der Waals surface area contributed by atoms with Crippen molar-refractivity contribution in [3.8, 4) is 0 Å². The van der Waals surface area contributed by atoms with Gasteiger partial charge in [-0.15, -0.1) is 0 Å². The molecule has 0 unspecified atom stereocenters. The molecule has 0 radical (unpaired) electrons. The molecule has 15 heavy (non-hydrogen) atoms. The highest BCUT2D eigenvalue weighted by molar-refractivity contribution is 4.58. The van der Waals surface area contributed by atoms with E-state index in [2.05, 4.69) is 26.1 Å². The van der Waals surface area contributed by atoms with E-state index in [0.29, 0.717) is 0 Å². The van der Waals surface area contributed by atoms with Gasteiger partial charge in [-0.05, 0) is 25.4 Å². The summed E-state index contributed by atoms with van der Waals surface area (Å²) in [7, 11) is 0. The fourth-order valence-electron chi connectivity index (χ4n) is 1.91. The van der Waals surface area contributed by atoms with Gasteiger partial charge in [-0.2, -0.15) is 0 Å². The molecule has 0 heterocycles. The Kier molecular flexibility index (Phi) is 12.0. The summed E-state index contributed by atoms with van der Waals surface area (Å²) >= 11 is 0. The molecule has 0 amide bonds. The minimum atomic E-state index is 0.894. The van der Waals surface area contributed by atoms with Crippen LogP contribution < -0.4 is 5.32 Å². The molecule has 0 aliphatic rings. The van der Waals surface area contributed by atoms with Crippen molar-refractivity contribution < 1.29 is 0 Å². The first kappa shape index (κ1) is 15.0. The van der Waals surface area contributed by atoms with Crippen molar-refractivity contribution in [1.29, 1.82) is 0 Å². The van der Waals surface area contributed by atoms with Gasteiger partial charge >= 0.3 is 0 Å². The van der Waals surface area contributed by atoms with Crippen LogP contribution >= 0.6 is 0 Å². The van der Waals surface area contributed by atoms with Crippen LogP contribution in [0.5, 0.6) is 0 Å². The summed E-state index contributed by atoms with van der Waals surface area (Å²) in [5, 5.41) is 3.58. The Morgan fingerprint density at radius 1 is 0.800 bits per heavy atom. The second kappa shape index (κ2) is 12.0. The fraction of sp³-hybridized carbons (Fsp3) is 1.00. The van der Waals surface area contributed by atoms with Crippen LogP contribution in [0.1, 0.15) is 72.1 Å². The zero-order valence-corrected chi connectivity index (χ0v) is 11.1. The van der Waals surface area contributed by atoms with E-state index in [1.54, 1.807) is 0 Å². The molecular formula is C14H31N. The van der Waals surface area contributed by atoms with Gasteiger partial charge < -0.3 is 5.32 Å². The van der Waals surface area contributed by atoms with E-state index in [1.807, 2.05) is 0 Å². The summed E-state index contributed by atoms with van der Waals surface area (Å²) in [5.74, 6) is 0.894. The first-order valence-corrected chi connectivity index (χ1v) is 7.05. The summed E-state index contributed by atoms with van der Waals surface area (Å²) in [4.78, 5) is 0. The van der Waals surface area contributed by atoms with Gasteiger partial charge in [0.25, 0.3) is 0 Å². The van der Waals surface area contributed by atoms with Gasteiger partial charge in [-0.1, -0.05) is 65.7 Å². The van der Waals surface area contributed by atoms with Crippen molar-refractivity contribution >= 4 is 0 Å². The number of unbranched alkanes of at least 4 members (excludes halogenated alkanes) is 5. The third-order valence-electron chi connectivity index (χ3n) is 3.29. The van der Waals surface area contributed by atoms with Crippen molar-refractivity contribution in [3.63, 3.8) is 0 Å². The van der Waals surface area contributed by atoms with E-state index >= 15 is 0 Å². The Bertz CT molecular complexity index is 108. The molecule has 0 spiro atoms. The van der Waals surface area contributed by atoms with E-state index in [0.717, 1.165) is 5.92 Å². The summed E-state index contributed by atoms with van der Waals surface area (Å²) in [6.07, 6.45) is 11.1. The SMILES string of the molecule is CCCCCCCCNCC(CC)CC. The lowest BCUT2D eigenvalue weighted by atomic mass is 10.0. The maximum atomic E-state index is 3.58. The van der Waals surface area contributed by atoms with Crippen LogP contribution in [0.25, 0.3) is 0 Å². The molecule has 1 nitrogen and oxygen atoms in total. The zero-order valence-electron chi connectivity index (χ0n) is 11.1. The second-order valence-corrected chi connectivity index (χ2v) is 4.65. The summed E-state index contributed by atoms with van der Waals surface area (Å²) in [6.45, 7) is 9.31. The first-order valence-electron chi connectivity index (χ1n) is 7.05. The summed E-state index contributed by atoms with van der Waals surface area (Å²) < 4.78 is 0. The Morgan fingerprint density at radius 2 is 1.40 bits per heavy atom. The van der Waals surface area contributed by atoms with E-state index in [4.69, 9.17) is 0 Å². The Morgan fingerprint density at radius 3 is 2.00 bits per heavy atom. The molecule has 92 valence electrons. The van der Waals surface area contributed by atoms with Crippen LogP contribution in [0.15, 0.2) is 0 Å². The maximum Gasteiger partial charge on any atom is -0.00207 e. The van der Waals surface area contributed by atoms with Crippen molar-refractivity contribution in [3.05, 3.63) is 0 Å². The molecule has 0 rings (SSSR count). The lowest BCUT2D eigenvalue weighted by Gasteiger charge is -2.12. The quantitative estimate of drug-likeness (QED) is 0.502. The minimum Gasteiger partial charge on any atom is -0.316 e. The molecule has 0 atom stereocenters. The number of rotatable bonds is 11. The molecule has 0 saturated carbocycles. The molecule has 0 bridgehead atoms. The van der Waals surface area contributed by atoms with Gasteiger partial charge in [0.05, 0.1) is 0 Å². The predicted octanol–water partition coefficient (Wildman–Crippen LogP) is 4.37.